The highest BCUT2D eigenvalue weighted by molar-refractivity contribution is 5.39. The SMILES string of the molecule is CCOC(Cc1cnc2ccccn12)(OCC)OCC. The van der Waals surface area contributed by atoms with E-state index >= 15 is 0 Å². The molecule has 110 valence electrons. The van der Waals surface area contributed by atoms with E-state index in [9.17, 15) is 0 Å². The average Bonchev–Trinajstić information content (AvgIpc) is 2.83. The van der Waals surface area contributed by atoms with E-state index in [0.717, 1.165) is 11.3 Å². The number of ether oxygens (including phenoxy) is 3. The maximum Gasteiger partial charge on any atom is 0.288 e. The van der Waals surface area contributed by atoms with Crippen LogP contribution in [-0.2, 0) is 20.6 Å². The fraction of sp³-hybridized carbons (Fsp3) is 0.533. The van der Waals surface area contributed by atoms with Gasteiger partial charge in [0.15, 0.2) is 0 Å². The Hall–Kier alpha value is -1.43. The zero-order valence-electron chi connectivity index (χ0n) is 12.3. The lowest BCUT2D eigenvalue weighted by molar-refractivity contribution is -0.376. The topological polar surface area (TPSA) is 45.0 Å². The van der Waals surface area contributed by atoms with Crippen LogP contribution in [0.3, 0.4) is 0 Å². The van der Waals surface area contributed by atoms with Crippen molar-refractivity contribution in [2.45, 2.75) is 33.2 Å². The van der Waals surface area contributed by atoms with Gasteiger partial charge < -0.3 is 18.6 Å². The van der Waals surface area contributed by atoms with Gasteiger partial charge in [-0.15, -0.1) is 0 Å². The number of nitrogens with zero attached hydrogens (tertiary/aromatic N) is 2. The van der Waals surface area contributed by atoms with E-state index in [4.69, 9.17) is 14.2 Å². The Balaban J connectivity index is 2.30. The summed E-state index contributed by atoms with van der Waals surface area (Å²) in [5.74, 6) is -1.04. The lowest BCUT2D eigenvalue weighted by atomic mass is 10.2. The van der Waals surface area contributed by atoms with Crippen molar-refractivity contribution in [2.75, 3.05) is 19.8 Å². The predicted molar refractivity (Wildman–Crippen MR) is 76.5 cm³/mol. The molecule has 5 nitrogen and oxygen atoms in total. The number of hydrogen-bond donors (Lipinski definition) is 0. The first-order valence-corrected chi connectivity index (χ1v) is 7.07. The molecule has 0 fully saturated rings. The molecule has 5 heteroatoms. The molecule has 2 heterocycles. The first-order chi connectivity index (χ1) is 9.74. The van der Waals surface area contributed by atoms with E-state index in [1.165, 1.54) is 0 Å². The van der Waals surface area contributed by atoms with Crippen molar-refractivity contribution in [1.82, 2.24) is 9.38 Å². The Morgan fingerprint density at radius 1 is 1.05 bits per heavy atom. The van der Waals surface area contributed by atoms with Crippen molar-refractivity contribution in [3.05, 3.63) is 36.3 Å². The standard InChI is InChI=1S/C15H22N2O3/c1-4-18-15(19-5-2,20-6-3)11-13-12-16-14-9-7-8-10-17(13)14/h7-10,12H,4-6,11H2,1-3H3. The van der Waals surface area contributed by atoms with E-state index in [1.54, 1.807) is 0 Å². The fourth-order valence-electron chi connectivity index (χ4n) is 2.28. The molecule has 0 bridgehead atoms. The van der Waals surface area contributed by atoms with Gasteiger partial charge in [-0.1, -0.05) is 6.07 Å². The summed E-state index contributed by atoms with van der Waals surface area (Å²) in [6.45, 7) is 7.37. The number of aromatic nitrogens is 2. The molecule has 0 amide bonds. The van der Waals surface area contributed by atoms with Crippen LogP contribution in [-0.4, -0.2) is 35.2 Å². The zero-order valence-corrected chi connectivity index (χ0v) is 12.3. The van der Waals surface area contributed by atoms with Gasteiger partial charge in [-0.05, 0) is 32.9 Å². The lowest BCUT2D eigenvalue weighted by Crippen LogP contribution is -2.42. The third kappa shape index (κ3) is 3.17. The van der Waals surface area contributed by atoms with Crippen LogP contribution in [0.4, 0.5) is 0 Å². The van der Waals surface area contributed by atoms with Crippen molar-refractivity contribution in [3.63, 3.8) is 0 Å². The van der Waals surface area contributed by atoms with Gasteiger partial charge in [0.25, 0.3) is 5.97 Å². The molecule has 0 saturated carbocycles. The Morgan fingerprint density at radius 2 is 1.70 bits per heavy atom. The number of imidazole rings is 1. The lowest BCUT2D eigenvalue weighted by Gasteiger charge is -2.32. The second-order valence-corrected chi connectivity index (χ2v) is 4.34. The van der Waals surface area contributed by atoms with Crippen LogP contribution < -0.4 is 0 Å². The van der Waals surface area contributed by atoms with Gasteiger partial charge in [0.1, 0.15) is 5.65 Å². The summed E-state index contributed by atoms with van der Waals surface area (Å²) in [6.07, 6.45) is 4.31. The molecule has 0 aliphatic carbocycles. The van der Waals surface area contributed by atoms with Gasteiger partial charge in [-0.25, -0.2) is 4.98 Å². The van der Waals surface area contributed by atoms with E-state index in [1.807, 2.05) is 55.8 Å². The first-order valence-electron chi connectivity index (χ1n) is 7.07. The zero-order chi connectivity index (χ0) is 14.4. The predicted octanol–water partition coefficient (Wildman–Crippen LogP) is 2.64. The number of rotatable bonds is 8. The molecule has 2 aromatic heterocycles. The molecule has 0 unspecified atom stereocenters. The van der Waals surface area contributed by atoms with E-state index in [0.29, 0.717) is 26.2 Å². The number of fused-ring (bicyclic) bond motifs is 1. The van der Waals surface area contributed by atoms with Crippen molar-refractivity contribution in [3.8, 4) is 0 Å². The van der Waals surface area contributed by atoms with Gasteiger partial charge >= 0.3 is 0 Å². The minimum absolute atomic E-state index is 0.494. The summed E-state index contributed by atoms with van der Waals surface area (Å²) in [7, 11) is 0. The van der Waals surface area contributed by atoms with Crippen LogP contribution in [0.15, 0.2) is 30.6 Å². The molecule has 0 aliphatic rings. The molecule has 0 N–H and O–H groups in total. The molecule has 0 aromatic carbocycles. The molecule has 0 radical (unpaired) electrons. The van der Waals surface area contributed by atoms with Crippen molar-refractivity contribution in [1.29, 1.82) is 0 Å². The van der Waals surface area contributed by atoms with E-state index in [-0.39, 0.29) is 0 Å². The van der Waals surface area contributed by atoms with E-state index < -0.39 is 5.97 Å². The second-order valence-electron chi connectivity index (χ2n) is 4.34. The molecule has 2 aromatic rings. The van der Waals surface area contributed by atoms with Gasteiger partial charge in [-0.2, -0.15) is 0 Å². The second kappa shape index (κ2) is 6.83. The van der Waals surface area contributed by atoms with Crippen LogP contribution in [0.2, 0.25) is 0 Å². The summed E-state index contributed by atoms with van der Waals surface area (Å²) in [6, 6.07) is 5.90. The van der Waals surface area contributed by atoms with Gasteiger partial charge in [-0.3, -0.25) is 0 Å². The summed E-state index contributed by atoms with van der Waals surface area (Å²) >= 11 is 0. The van der Waals surface area contributed by atoms with Crippen LogP contribution >= 0.6 is 0 Å². The molecule has 0 atom stereocenters. The molecule has 2 rings (SSSR count). The van der Waals surface area contributed by atoms with E-state index in [2.05, 4.69) is 4.98 Å². The third-order valence-corrected chi connectivity index (χ3v) is 2.98. The highest BCUT2D eigenvalue weighted by Crippen LogP contribution is 2.22. The monoisotopic (exact) mass is 278 g/mol. The smallest absolute Gasteiger partial charge is 0.288 e. The van der Waals surface area contributed by atoms with Crippen molar-refractivity contribution in [2.24, 2.45) is 0 Å². The molecule has 0 aliphatic heterocycles. The summed E-state index contributed by atoms with van der Waals surface area (Å²) in [4.78, 5) is 4.38. The molecular formula is C15H22N2O3. The first kappa shape index (κ1) is 15.0. The third-order valence-electron chi connectivity index (χ3n) is 2.98. The van der Waals surface area contributed by atoms with Crippen LogP contribution in [0.25, 0.3) is 5.65 Å². The molecule has 0 spiro atoms. The maximum atomic E-state index is 5.75. The largest absolute Gasteiger partial charge is 0.327 e. The molecule has 0 saturated heterocycles. The Kier molecular flexibility index (Phi) is 5.11. The van der Waals surface area contributed by atoms with Crippen molar-refractivity contribution >= 4 is 5.65 Å². The molecule has 20 heavy (non-hydrogen) atoms. The Labute approximate surface area is 119 Å². The maximum absolute atomic E-state index is 5.75. The molecular weight excluding hydrogens is 256 g/mol. The normalized spacial score (nSPS) is 12.2. The summed E-state index contributed by atoms with van der Waals surface area (Å²) in [5, 5.41) is 0. The Bertz CT molecular complexity index is 522. The quantitative estimate of drug-likeness (QED) is 0.696. The minimum atomic E-state index is -1.04. The average molecular weight is 278 g/mol. The summed E-state index contributed by atoms with van der Waals surface area (Å²) in [5.41, 5.74) is 1.90. The number of pyridine rings is 1. The van der Waals surface area contributed by atoms with Gasteiger partial charge in [0.05, 0.1) is 12.1 Å². The minimum Gasteiger partial charge on any atom is -0.327 e. The van der Waals surface area contributed by atoms with Crippen molar-refractivity contribution < 1.29 is 14.2 Å². The number of hydrogen-bond acceptors (Lipinski definition) is 4. The highest BCUT2D eigenvalue weighted by atomic mass is 16.9. The summed E-state index contributed by atoms with van der Waals surface area (Å²) < 4.78 is 19.3. The highest BCUT2D eigenvalue weighted by Gasteiger charge is 2.34. The van der Waals surface area contributed by atoms with Crippen LogP contribution in [0, 0.1) is 0 Å². The van der Waals surface area contributed by atoms with Gasteiger partial charge in [0, 0.05) is 32.2 Å². The Morgan fingerprint density at radius 3 is 2.30 bits per heavy atom. The van der Waals surface area contributed by atoms with Crippen LogP contribution in [0.1, 0.15) is 26.5 Å². The fourth-order valence-corrected chi connectivity index (χ4v) is 2.28. The van der Waals surface area contributed by atoms with Crippen LogP contribution in [0.5, 0.6) is 0 Å². The van der Waals surface area contributed by atoms with Gasteiger partial charge in [0.2, 0.25) is 0 Å².